The van der Waals surface area contributed by atoms with E-state index >= 15 is 0 Å². The molecule has 23 heavy (non-hydrogen) atoms. The van der Waals surface area contributed by atoms with Crippen LogP contribution in [0, 0.1) is 5.92 Å². The van der Waals surface area contributed by atoms with Crippen molar-refractivity contribution in [3.8, 4) is 0 Å². The Kier molecular flexibility index (Phi) is 9.36. The van der Waals surface area contributed by atoms with E-state index in [1.54, 1.807) is 21.3 Å². The van der Waals surface area contributed by atoms with Crippen molar-refractivity contribution in [2.75, 3.05) is 21.3 Å². The standard InChI is InChI=1S/C17H30O6/c1-20-17(21-2,22-3)12-10-8-6-4-5-7-9-11-14-13-15(18)23-16(14)19/h14H,4-13H2,1-3H3. The molecular weight excluding hydrogens is 300 g/mol. The van der Waals surface area contributed by atoms with Gasteiger partial charge in [0.05, 0.1) is 12.3 Å². The lowest BCUT2D eigenvalue weighted by Gasteiger charge is -2.28. The summed E-state index contributed by atoms with van der Waals surface area (Å²) in [6, 6.07) is 0. The van der Waals surface area contributed by atoms with Crippen LogP contribution in [0.1, 0.15) is 64.2 Å². The lowest BCUT2D eigenvalue weighted by molar-refractivity contribution is -0.355. The van der Waals surface area contributed by atoms with Crippen molar-refractivity contribution in [2.45, 2.75) is 70.2 Å². The topological polar surface area (TPSA) is 71.1 Å². The number of ether oxygens (including phenoxy) is 4. The molecule has 1 atom stereocenters. The molecule has 1 saturated heterocycles. The SMILES string of the molecule is COC(CCCCCCCCCC1CC(=O)OC1=O)(OC)OC. The van der Waals surface area contributed by atoms with Gasteiger partial charge in [0.2, 0.25) is 0 Å². The van der Waals surface area contributed by atoms with Crippen LogP contribution in [0.3, 0.4) is 0 Å². The molecule has 1 heterocycles. The maximum absolute atomic E-state index is 11.3. The Labute approximate surface area is 138 Å². The van der Waals surface area contributed by atoms with Crippen molar-refractivity contribution >= 4 is 11.9 Å². The summed E-state index contributed by atoms with van der Waals surface area (Å²) >= 11 is 0. The summed E-state index contributed by atoms with van der Waals surface area (Å²) in [5.74, 6) is -1.83. The Hall–Kier alpha value is -0.980. The molecule has 6 heteroatoms. The third-order valence-corrected chi connectivity index (χ3v) is 4.43. The first kappa shape index (κ1) is 20.1. The lowest BCUT2D eigenvalue weighted by Crippen LogP contribution is -2.35. The van der Waals surface area contributed by atoms with Crippen molar-refractivity contribution < 1.29 is 28.5 Å². The van der Waals surface area contributed by atoms with Crippen molar-refractivity contribution in [3.63, 3.8) is 0 Å². The molecule has 0 N–H and O–H groups in total. The van der Waals surface area contributed by atoms with Crippen molar-refractivity contribution in [1.82, 2.24) is 0 Å². The zero-order valence-corrected chi connectivity index (χ0v) is 14.6. The molecule has 6 nitrogen and oxygen atoms in total. The van der Waals surface area contributed by atoms with Crippen LogP contribution in [0.4, 0.5) is 0 Å². The van der Waals surface area contributed by atoms with Crippen molar-refractivity contribution in [1.29, 1.82) is 0 Å². The summed E-state index contributed by atoms with van der Waals surface area (Å²) in [4.78, 5) is 22.3. The number of cyclic esters (lactones) is 2. The number of unbranched alkanes of at least 4 members (excludes halogenated alkanes) is 6. The van der Waals surface area contributed by atoms with E-state index < -0.39 is 5.97 Å². The van der Waals surface area contributed by atoms with E-state index in [0.717, 1.165) is 44.9 Å². The number of carbonyl (C=O) groups excluding carboxylic acids is 2. The molecule has 1 aliphatic rings. The molecule has 0 spiro atoms. The Morgan fingerprint density at radius 2 is 1.43 bits per heavy atom. The molecule has 1 rings (SSSR count). The third kappa shape index (κ3) is 6.97. The second-order valence-electron chi connectivity index (χ2n) is 6.00. The number of carbonyl (C=O) groups is 2. The molecule has 0 radical (unpaired) electrons. The van der Waals surface area contributed by atoms with Crippen LogP contribution in [0.15, 0.2) is 0 Å². The van der Waals surface area contributed by atoms with Gasteiger partial charge in [-0.05, 0) is 12.8 Å². The van der Waals surface area contributed by atoms with E-state index in [4.69, 9.17) is 14.2 Å². The van der Waals surface area contributed by atoms with Crippen LogP contribution in [-0.4, -0.2) is 39.2 Å². The highest BCUT2D eigenvalue weighted by molar-refractivity contribution is 5.94. The van der Waals surface area contributed by atoms with Gasteiger partial charge in [0.25, 0.3) is 5.97 Å². The lowest BCUT2D eigenvalue weighted by atomic mass is 9.99. The number of esters is 2. The smallest absolute Gasteiger partial charge is 0.317 e. The summed E-state index contributed by atoms with van der Waals surface area (Å²) in [5.41, 5.74) is 0. The monoisotopic (exact) mass is 330 g/mol. The first-order valence-electron chi connectivity index (χ1n) is 8.47. The van der Waals surface area contributed by atoms with Crippen LogP contribution in [-0.2, 0) is 28.5 Å². The molecule has 0 aliphatic carbocycles. The van der Waals surface area contributed by atoms with Crippen LogP contribution >= 0.6 is 0 Å². The molecule has 1 fully saturated rings. The van der Waals surface area contributed by atoms with Crippen LogP contribution in [0.25, 0.3) is 0 Å². The first-order valence-corrected chi connectivity index (χ1v) is 8.47. The quantitative estimate of drug-likeness (QED) is 0.223. The van der Waals surface area contributed by atoms with E-state index in [-0.39, 0.29) is 24.3 Å². The van der Waals surface area contributed by atoms with Gasteiger partial charge < -0.3 is 18.9 Å². The molecule has 134 valence electrons. The van der Waals surface area contributed by atoms with E-state index in [9.17, 15) is 9.59 Å². The largest absolute Gasteiger partial charge is 0.393 e. The Bertz CT molecular complexity index is 356. The number of rotatable bonds is 13. The van der Waals surface area contributed by atoms with Crippen LogP contribution in [0.2, 0.25) is 0 Å². The first-order chi connectivity index (χ1) is 11.1. The van der Waals surface area contributed by atoms with E-state index in [1.807, 2.05) is 0 Å². The molecular formula is C17H30O6. The second-order valence-corrected chi connectivity index (χ2v) is 6.00. The molecule has 1 aliphatic heterocycles. The van der Waals surface area contributed by atoms with Gasteiger partial charge in [-0.25, -0.2) is 0 Å². The summed E-state index contributed by atoms with van der Waals surface area (Å²) in [5, 5.41) is 0. The summed E-state index contributed by atoms with van der Waals surface area (Å²) in [6.45, 7) is 0. The van der Waals surface area contributed by atoms with Crippen LogP contribution < -0.4 is 0 Å². The molecule has 0 amide bonds. The number of hydrogen-bond donors (Lipinski definition) is 0. The van der Waals surface area contributed by atoms with Gasteiger partial charge in [0, 0.05) is 27.8 Å². The van der Waals surface area contributed by atoms with Crippen molar-refractivity contribution in [2.24, 2.45) is 5.92 Å². The van der Waals surface area contributed by atoms with Crippen LogP contribution in [0.5, 0.6) is 0 Å². The highest BCUT2D eigenvalue weighted by atomic mass is 16.9. The third-order valence-electron chi connectivity index (χ3n) is 4.43. The van der Waals surface area contributed by atoms with Gasteiger partial charge in [-0.15, -0.1) is 0 Å². The Morgan fingerprint density at radius 1 is 0.913 bits per heavy atom. The fraction of sp³-hybridized carbons (Fsp3) is 0.882. The van der Waals surface area contributed by atoms with E-state index in [0.29, 0.717) is 6.42 Å². The van der Waals surface area contributed by atoms with Crippen molar-refractivity contribution in [3.05, 3.63) is 0 Å². The van der Waals surface area contributed by atoms with Gasteiger partial charge in [-0.2, -0.15) is 0 Å². The molecule has 0 bridgehead atoms. The molecule has 0 aromatic carbocycles. The van der Waals surface area contributed by atoms with Gasteiger partial charge in [0.1, 0.15) is 0 Å². The average molecular weight is 330 g/mol. The summed E-state index contributed by atoms with van der Waals surface area (Å²) < 4.78 is 20.3. The zero-order valence-electron chi connectivity index (χ0n) is 14.6. The summed E-state index contributed by atoms with van der Waals surface area (Å²) in [6.07, 6.45) is 9.41. The Morgan fingerprint density at radius 3 is 1.91 bits per heavy atom. The van der Waals surface area contributed by atoms with Gasteiger partial charge in [0.15, 0.2) is 0 Å². The predicted molar refractivity (Wildman–Crippen MR) is 84.5 cm³/mol. The molecule has 0 aromatic heterocycles. The maximum atomic E-state index is 11.3. The van der Waals surface area contributed by atoms with Gasteiger partial charge >= 0.3 is 11.9 Å². The fourth-order valence-corrected chi connectivity index (χ4v) is 2.91. The fourth-order valence-electron chi connectivity index (χ4n) is 2.91. The van der Waals surface area contributed by atoms with E-state index in [2.05, 4.69) is 4.74 Å². The molecule has 1 unspecified atom stereocenters. The predicted octanol–water partition coefficient (Wildman–Crippen LogP) is 3.18. The minimum atomic E-state index is -0.909. The second kappa shape index (κ2) is 10.7. The average Bonchev–Trinajstić information content (AvgIpc) is 2.88. The summed E-state index contributed by atoms with van der Waals surface area (Å²) in [7, 11) is 4.75. The number of methoxy groups -OCH3 is 3. The van der Waals surface area contributed by atoms with Gasteiger partial charge in [-0.1, -0.05) is 38.5 Å². The highest BCUT2D eigenvalue weighted by Crippen LogP contribution is 2.23. The maximum Gasteiger partial charge on any atom is 0.317 e. The normalized spacial score (nSPS) is 18.5. The minimum absolute atomic E-state index is 0.201. The Balaban J connectivity index is 1.96. The van der Waals surface area contributed by atoms with Gasteiger partial charge in [-0.3, -0.25) is 9.59 Å². The number of hydrogen-bond acceptors (Lipinski definition) is 6. The zero-order chi connectivity index (χ0) is 17.1. The van der Waals surface area contributed by atoms with E-state index in [1.165, 1.54) is 6.42 Å². The highest BCUT2D eigenvalue weighted by Gasteiger charge is 2.32. The molecule has 0 saturated carbocycles. The minimum Gasteiger partial charge on any atom is -0.393 e. The molecule has 0 aromatic rings.